The highest BCUT2D eigenvalue weighted by Gasteiger charge is 2.35. The number of esters is 1. The number of methoxy groups -OCH3 is 1. The van der Waals surface area contributed by atoms with E-state index in [1.54, 1.807) is 18.2 Å². The molecule has 1 heterocycles. The Balaban J connectivity index is 1.70. The molecular weight excluding hydrogens is 386 g/mol. The van der Waals surface area contributed by atoms with Gasteiger partial charge in [-0.15, -0.1) is 10.8 Å². The molecule has 0 bridgehead atoms. The summed E-state index contributed by atoms with van der Waals surface area (Å²) in [4.78, 5) is 23.7. The van der Waals surface area contributed by atoms with Gasteiger partial charge in [-0.3, -0.25) is 9.11 Å². The number of benzene rings is 2. The van der Waals surface area contributed by atoms with Crippen LogP contribution in [0, 0.1) is 0 Å². The first-order chi connectivity index (χ1) is 13.4. The van der Waals surface area contributed by atoms with Crippen LogP contribution in [0.25, 0.3) is 0 Å². The molecule has 150 valence electrons. The SMILES string of the molecule is COC(=O)c1ccc2c(c1)OCC[C@H]2S(O)(O)NC(=O)OCc1ccccc1. The molecule has 1 aliphatic rings. The number of rotatable bonds is 5. The van der Waals surface area contributed by atoms with E-state index in [-0.39, 0.29) is 25.2 Å². The summed E-state index contributed by atoms with van der Waals surface area (Å²) in [6, 6.07) is 13.6. The quantitative estimate of drug-likeness (QED) is 0.644. The fraction of sp³-hybridized carbons (Fsp3) is 0.263. The topological polar surface area (TPSA) is 114 Å². The zero-order chi connectivity index (χ0) is 20.1. The molecule has 0 aromatic heterocycles. The molecule has 0 fully saturated rings. The number of hydrogen-bond acceptors (Lipinski definition) is 7. The fourth-order valence-corrected chi connectivity index (χ4v) is 4.31. The summed E-state index contributed by atoms with van der Waals surface area (Å²) in [5.41, 5.74) is 1.55. The van der Waals surface area contributed by atoms with Gasteiger partial charge in [-0.1, -0.05) is 36.4 Å². The predicted octanol–water partition coefficient (Wildman–Crippen LogP) is 3.89. The van der Waals surface area contributed by atoms with Crippen molar-refractivity contribution in [1.82, 2.24) is 4.72 Å². The Morgan fingerprint density at radius 2 is 1.96 bits per heavy atom. The van der Waals surface area contributed by atoms with Crippen LogP contribution in [0.4, 0.5) is 4.79 Å². The van der Waals surface area contributed by atoms with Gasteiger partial charge in [0.25, 0.3) is 0 Å². The average Bonchev–Trinajstić information content (AvgIpc) is 2.71. The van der Waals surface area contributed by atoms with Gasteiger partial charge < -0.3 is 14.2 Å². The maximum atomic E-state index is 12.0. The third kappa shape index (κ3) is 4.56. The molecule has 1 amide bonds. The molecule has 9 heteroatoms. The number of carbonyl (C=O) groups is 2. The molecule has 0 saturated heterocycles. The van der Waals surface area contributed by atoms with Crippen molar-refractivity contribution in [2.45, 2.75) is 18.3 Å². The molecule has 3 rings (SSSR count). The Bertz CT molecular complexity index is 857. The van der Waals surface area contributed by atoms with Crippen LogP contribution in [-0.4, -0.2) is 34.9 Å². The van der Waals surface area contributed by atoms with Gasteiger partial charge in [0.05, 0.1) is 19.3 Å². The Morgan fingerprint density at radius 1 is 1.21 bits per heavy atom. The minimum Gasteiger partial charge on any atom is -0.493 e. The van der Waals surface area contributed by atoms with Crippen LogP contribution < -0.4 is 9.46 Å². The normalized spacial score (nSPS) is 16.3. The molecule has 0 saturated carbocycles. The monoisotopic (exact) mass is 407 g/mol. The highest BCUT2D eigenvalue weighted by Crippen LogP contribution is 2.55. The van der Waals surface area contributed by atoms with Gasteiger partial charge in [-0.05, 0) is 17.7 Å². The van der Waals surface area contributed by atoms with Gasteiger partial charge in [-0.2, -0.15) is 0 Å². The molecule has 8 nitrogen and oxygen atoms in total. The van der Waals surface area contributed by atoms with Gasteiger partial charge >= 0.3 is 12.1 Å². The lowest BCUT2D eigenvalue weighted by Gasteiger charge is -2.42. The average molecular weight is 407 g/mol. The van der Waals surface area contributed by atoms with Crippen molar-refractivity contribution in [2.75, 3.05) is 13.7 Å². The molecule has 2 aromatic carbocycles. The van der Waals surface area contributed by atoms with Gasteiger partial charge in [0.2, 0.25) is 0 Å². The predicted molar refractivity (Wildman–Crippen MR) is 103 cm³/mol. The lowest BCUT2D eigenvalue weighted by atomic mass is 10.0. The number of hydrogen-bond donors (Lipinski definition) is 3. The molecule has 1 aliphatic heterocycles. The molecule has 0 unspecified atom stereocenters. The number of ether oxygens (including phenoxy) is 3. The zero-order valence-corrected chi connectivity index (χ0v) is 16.0. The second-order valence-corrected chi connectivity index (χ2v) is 8.09. The van der Waals surface area contributed by atoms with Gasteiger partial charge in [0.15, 0.2) is 0 Å². The van der Waals surface area contributed by atoms with Gasteiger partial charge in [0.1, 0.15) is 17.6 Å². The zero-order valence-electron chi connectivity index (χ0n) is 15.2. The van der Waals surface area contributed by atoms with Crippen LogP contribution in [0.1, 0.15) is 33.2 Å². The van der Waals surface area contributed by atoms with Crippen molar-refractivity contribution in [2.24, 2.45) is 0 Å². The Morgan fingerprint density at radius 3 is 2.68 bits per heavy atom. The molecule has 0 spiro atoms. The summed E-state index contributed by atoms with van der Waals surface area (Å²) in [6.07, 6.45) is -0.644. The highest BCUT2D eigenvalue weighted by molar-refractivity contribution is 8.23. The number of carbonyl (C=O) groups excluding carboxylic acids is 2. The van der Waals surface area contributed by atoms with E-state index < -0.39 is 28.1 Å². The van der Waals surface area contributed by atoms with Crippen molar-refractivity contribution in [3.63, 3.8) is 0 Å². The molecule has 0 radical (unpaired) electrons. The number of nitrogens with one attached hydrogen (secondary N) is 1. The van der Waals surface area contributed by atoms with Crippen molar-refractivity contribution in [3.05, 3.63) is 65.2 Å². The third-order valence-electron chi connectivity index (χ3n) is 4.26. The molecular formula is C19H21NO7S. The van der Waals surface area contributed by atoms with E-state index in [4.69, 9.17) is 9.47 Å². The van der Waals surface area contributed by atoms with Crippen molar-refractivity contribution in [1.29, 1.82) is 0 Å². The molecule has 28 heavy (non-hydrogen) atoms. The minimum atomic E-state index is -3.56. The van der Waals surface area contributed by atoms with Crippen LogP contribution in [0.2, 0.25) is 0 Å². The van der Waals surface area contributed by atoms with Crippen molar-refractivity contribution < 1.29 is 32.9 Å². The number of amides is 1. The smallest absolute Gasteiger partial charge is 0.425 e. The molecule has 1 atom stereocenters. The fourth-order valence-electron chi connectivity index (χ4n) is 2.89. The first-order valence-corrected chi connectivity index (χ1v) is 10.1. The molecule has 3 N–H and O–H groups in total. The van der Waals surface area contributed by atoms with Crippen LogP contribution in [0.15, 0.2) is 48.5 Å². The van der Waals surface area contributed by atoms with Crippen LogP contribution in [0.5, 0.6) is 5.75 Å². The minimum absolute atomic E-state index is 0.00898. The van der Waals surface area contributed by atoms with E-state index in [1.807, 2.05) is 18.2 Å². The van der Waals surface area contributed by atoms with E-state index in [0.717, 1.165) is 5.56 Å². The molecule has 2 aromatic rings. The van der Waals surface area contributed by atoms with Gasteiger partial charge in [-0.25, -0.2) is 14.3 Å². The summed E-state index contributed by atoms with van der Waals surface area (Å²) in [7, 11) is -2.29. The van der Waals surface area contributed by atoms with E-state index >= 15 is 0 Å². The summed E-state index contributed by atoms with van der Waals surface area (Å²) in [5.74, 6) is -0.179. The summed E-state index contributed by atoms with van der Waals surface area (Å²) in [6.45, 7) is 0.216. The van der Waals surface area contributed by atoms with E-state index in [2.05, 4.69) is 9.46 Å². The lowest BCUT2D eigenvalue weighted by molar-refractivity contribution is 0.0600. The maximum absolute atomic E-state index is 12.0. The van der Waals surface area contributed by atoms with Crippen LogP contribution in [0.3, 0.4) is 0 Å². The first-order valence-electron chi connectivity index (χ1n) is 8.51. The van der Waals surface area contributed by atoms with Crippen LogP contribution in [-0.2, 0) is 16.1 Å². The van der Waals surface area contributed by atoms with Gasteiger partial charge in [0, 0.05) is 12.0 Å². The standard InChI is InChI=1S/C19H21NO7S/c1-25-18(21)14-7-8-15-16(11-14)26-10-9-17(15)28(23,24)20-19(22)27-12-13-5-3-2-4-6-13/h2-8,11,17,23-24H,9-10,12H2,1H3,(H,20,22)/t17-/m1/s1. The van der Waals surface area contributed by atoms with E-state index in [0.29, 0.717) is 11.3 Å². The maximum Gasteiger partial charge on any atom is 0.425 e. The third-order valence-corrected chi connectivity index (χ3v) is 6.01. The second-order valence-electron chi connectivity index (χ2n) is 6.13. The van der Waals surface area contributed by atoms with Crippen LogP contribution >= 0.6 is 10.8 Å². The summed E-state index contributed by atoms with van der Waals surface area (Å²) < 4.78 is 38.6. The summed E-state index contributed by atoms with van der Waals surface area (Å²) >= 11 is 0. The summed E-state index contributed by atoms with van der Waals surface area (Å²) in [5, 5.41) is -0.785. The second kappa shape index (κ2) is 8.51. The Kier molecular flexibility index (Phi) is 6.08. The Hall–Kier alpha value is -2.75. The number of fused-ring (bicyclic) bond motifs is 1. The highest BCUT2D eigenvalue weighted by atomic mass is 32.3. The van der Waals surface area contributed by atoms with Crippen molar-refractivity contribution in [3.8, 4) is 5.75 Å². The van der Waals surface area contributed by atoms with Crippen molar-refractivity contribution >= 4 is 22.8 Å². The van der Waals surface area contributed by atoms with E-state index in [9.17, 15) is 18.7 Å². The molecule has 0 aliphatic carbocycles. The largest absolute Gasteiger partial charge is 0.493 e. The van der Waals surface area contributed by atoms with E-state index in [1.165, 1.54) is 19.2 Å². The first kappa shape index (κ1) is 20.0. The Labute approximate surface area is 163 Å². The lowest BCUT2D eigenvalue weighted by Crippen LogP contribution is -2.33.